The van der Waals surface area contributed by atoms with Crippen LogP contribution in [0.25, 0.3) is 0 Å². The van der Waals surface area contributed by atoms with Crippen molar-refractivity contribution in [1.82, 2.24) is 0 Å². The van der Waals surface area contributed by atoms with E-state index in [0.29, 0.717) is 11.4 Å². The molecule has 0 atom stereocenters. The molecule has 3 nitrogen and oxygen atoms in total. The summed E-state index contributed by atoms with van der Waals surface area (Å²) in [6.07, 6.45) is 0.218. The summed E-state index contributed by atoms with van der Waals surface area (Å²) in [4.78, 5) is 11.8. The van der Waals surface area contributed by atoms with Crippen molar-refractivity contribution < 1.29 is 9.18 Å². The zero-order valence-electron chi connectivity index (χ0n) is 9.99. The predicted molar refractivity (Wildman–Crippen MR) is 74.6 cm³/mol. The number of nitrogen functional groups attached to an aromatic ring is 1. The fourth-order valence-corrected chi connectivity index (χ4v) is 1.78. The van der Waals surface area contributed by atoms with Gasteiger partial charge in [-0.2, -0.15) is 0 Å². The van der Waals surface area contributed by atoms with E-state index in [0.717, 1.165) is 5.56 Å². The van der Waals surface area contributed by atoms with Crippen molar-refractivity contribution in [2.45, 2.75) is 6.42 Å². The van der Waals surface area contributed by atoms with Gasteiger partial charge in [-0.25, -0.2) is 4.39 Å². The molecular weight excluding hydrogens is 267 g/mol. The van der Waals surface area contributed by atoms with E-state index < -0.39 is 5.82 Å². The maximum atomic E-state index is 13.0. The Morgan fingerprint density at radius 2 is 1.89 bits per heavy atom. The van der Waals surface area contributed by atoms with Crippen molar-refractivity contribution in [1.29, 1.82) is 0 Å². The molecule has 0 saturated carbocycles. The summed E-state index contributed by atoms with van der Waals surface area (Å²) in [6, 6.07) is 11.1. The van der Waals surface area contributed by atoms with Gasteiger partial charge in [-0.3, -0.25) is 4.79 Å². The molecular formula is C14H12ClFN2O. The lowest BCUT2D eigenvalue weighted by molar-refractivity contribution is -0.115. The first-order valence-corrected chi connectivity index (χ1v) is 6.02. The smallest absolute Gasteiger partial charge is 0.228 e. The van der Waals surface area contributed by atoms with E-state index in [9.17, 15) is 9.18 Å². The highest BCUT2D eigenvalue weighted by Crippen LogP contribution is 2.19. The van der Waals surface area contributed by atoms with Crippen LogP contribution in [0.5, 0.6) is 0 Å². The van der Waals surface area contributed by atoms with Crippen LogP contribution in [0.4, 0.5) is 15.8 Å². The van der Waals surface area contributed by atoms with Crippen LogP contribution in [-0.4, -0.2) is 5.91 Å². The van der Waals surface area contributed by atoms with Gasteiger partial charge < -0.3 is 11.1 Å². The molecule has 0 aliphatic heterocycles. The van der Waals surface area contributed by atoms with Gasteiger partial charge in [0.15, 0.2) is 0 Å². The van der Waals surface area contributed by atoms with E-state index in [-0.39, 0.29) is 17.4 Å². The lowest BCUT2D eigenvalue weighted by Crippen LogP contribution is -2.14. The number of benzene rings is 2. The first-order chi connectivity index (χ1) is 9.04. The van der Waals surface area contributed by atoms with Crippen LogP contribution in [0, 0.1) is 5.82 Å². The van der Waals surface area contributed by atoms with E-state index >= 15 is 0 Å². The summed E-state index contributed by atoms with van der Waals surface area (Å²) >= 11 is 5.63. The van der Waals surface area contributed by atoms with E-state index in [2.05, 4.69) is 5.32 Å². The molecule has 2 rings (SSSR count). The number of anilines is 2. The molecule has 0 radical (unpaired) electrons. The Balaban J connectivity index is 2.01. The first kappa shape index (κ1) is 13.4. The fraction of sp³-hybridized carbons (Fsp3) is 0.0714. The highest BCUT2D eigenvalue weighted by atomic mass is 35.5. The number of carbonyl (C=O) groups excluding carboxylic acids is 1. The average molecular weight is 279 g/mol. The van der Waals surface area contributed by atoms with Crippen molar-refractivity contribution in [3.05, 3.63) is 58.9 Å². The van der Waals surface area contributed by atoms with E-state index in [1.54, 1.807) is 24.3 Å². The molecule has 1 amide bonds. The molecule has 19 heavy (non-hydrogen) atoms. The summed E-state index contributed by atoms with van der Waals surface area (Å²) < 4.78 is 13.0. The maximum Gasteiger partial charge on any atom is 0.228 e. The number of nitrogens with two attached hydrogens (primary N) is 1. The molecule has 0 bridgehead atoms. The van der Waals surface area contributed by atoms with E-state index in [4.69, 9.17) is 17.3 Å². The zero-order valence-corrected chi connectivity index (χ0v) is 10.7. The van der Waals surface area contributed by atoms with Gasteiger partial charge in [0.25, 0.3) is 0 Å². The minimum Gasteiger partial charge on any atom is -0.399 e. The van der Waals surface area contributed by atoms with Gasteiger partial charge >= 0.3 is 0 Å². The van der Waals surface area contributed by atoms with Crippen molar-refractivity contribution in [3.8, 4) is 0 Å². The van der Waals surface area contributed by atoms with Crippen LogP contribution in [0.3, 0.4) is 0 Å². The molecule has 2 aromatic rings. The third-order valence-electron chi connectivity index (χ3n) is 2.55. The highest BCUT2D eigenvalue weighted by Gasteiger charge is 2.06. The summed E-state index contributed by atoms with van der Waals surface area (Å²) in [5.41, 5.74) is 7.52. The molecule has 0 unspecified atom stereocenters. The number of amides is 1. The molecule has 0 heterocycles. The molecule has 0 spiro atoms. The fourth-order valence-electron chi connectivity index (χ4n) is 1.60. The van der Waals surface area contributed by atoms with Crippen molar-refractivity contribution >= 4 is 28.9 Å². The van der Waals surface area contributed by atoms with Crippen LogP contribution in [-0.2, 0) is 11.2 Å². The molecule has 98 valence electrons. The van der Waals surface area contributed by atoms with Crippen LogP contribution in [0.2, 0.25) is 5.02 Å². The van der Waals surface area contributed by atoms with Crippen molar-refractivity contribution in [2.24, 2.45) is 0 Å². The normalized spacial score (nSPS) is 10.2. The van der Waals surface area contributed by atoms with Gasteiger partial charge in [-0.15, -0.1) is 0 Å². The van der Waals surface area contributed by atoms with Crippen LogP contribution in [0.15, 0.2) is 42.5 Å². The van der Waals surface area contributed by atoms with E-state index in [1.165, 1.54) is 18.2 Å². The maximum absolute atomic E-state index is 13.0. The molecule has 3 N–H and O–H groups in total. The Morgan fingerprint density at radius 3 is 2.53 bits per heavy atom. The molecule has 0 aromatic heterocycles. The summed E-state index contributed by atoms with van der Waals surface area (Å²) in [5, 5.41) is 2.63. The number of hydrogen-bond donors (Lipinski definition) is 2. The standard InChI is InChI=1S/C14H12ClFN2O/c15-12-8-11(5-6-13(12)16)18-14(19)7-9-1-3-10(17)4-2-9/h1-6,8H,7,17H2,(H,18,19). The molecule has 2 aromatic carbocycles. The van der Waals surface area contributed by atoms with Crippen molar-refractivity contribution in [3.63, 3.8) is 0 Å². The molecule has 0 aliphatic rings. The zero-order chi connectivity index (χ0) is 13.8. The Hall–Kier alpha value is -2.07. The minimum atomic E-state index is -0.516. The number of rotatable bonds is 3. The Labute approximate surface area is 115 Å². The number of carbonyl (C=O) groups is 1. The third-order valence-corrected chi connectivity index (χ3v) is 2.84. The Kier molecular flexibility index (Phi) is 4.02. The topological polar surface area (TPSA) is 55.1 Å². The average Bonchev–Trinajstić information content (AvgIpc) is 2.37. The van der Waals surface area contributed by atoms with Gasteiger partial charge in [0.05, 0.1) is 11.4 Å². The Bertz CT molecular complexity index is 599. The number of nitrogens with one attached hydrogen (secondary N) is 1. The van der Waals surface area contributed by atoms with Crippen molar-refractivity contribution in [2.75, 3.05) is 11.1 Å². The lowest BCUT2D eigenvalue weighted by atomic mass is 10.1. The Morgan fingerprint density at radius 1 is 1.21 bits per heavy atom. The second kappa shape index (κ2) is 5.71. The second-order valence-electron chi connectivity index (χ2n) is 4.10. The predicted octanol–water partition coefficient (Wildman–Crippen LogP) is 3.24. The summed E-state index contributed by atoms with van der Waals surface area (Å²) in [6.45, 7) is 0. The van der Waals surface area contributed by atoms with Gasteiger partial charge in [0.2, 0.25) is 5.91 Å². The first-order valence-electron chi connectivity index (χ1n) is 5.64. The van der Waals surface area contributed by atoms with Crippen LogP contribution in [0.1, 0.15) is 5.56 Å². The van der Waals surface area contributed by atoms with Crippen LogP contribution < -0.4 is 11.1 Å². The number of halogens is 2. The number of hydrogen-bond acceptors (Lipinski definition) is 2. The van der Waals surface area contributed by atoms with E-state index in [1.807, 2.05) is 0 Å². The molecule has 0 fully saturated rings. The van der Waals surface area contributed by atoms with Gasteiger partial charge in [-0.1, -0.05) is 23.7 Å². The molecule has 0 saturated heterocycles. The van der Waals surface area contributed by atoms with Gasteiger partial charge in [-0.05, 0) is 35.9 Å². The molecule has 0 aliphatic carbocycles. The second-order valence-corrected chi connectivity index (χ2v) is 4.50. The van der Waals surface area contributed by atoms with Gasteiger partial charge in [0.1, 0.15) is 5.82 Å². The third kappa shape index (κ3) is 3.69. The highest BCUT2D eigenvalue weighted by molar-refractivity contribution is 6.31. The monoisotopic (exact) mass is 278 g/mol. The SMILES string of the molecule is Nc1ccc(CC(=O)Nc2ccc(F)c(Cl)c2)cc1. The molecule has 5 heteroatoms. The quantitative estimate of drug-likeness (QED) is 0.847. The summed E-state index contributed by atoms with van der Waals surface area (Å²) in [5.74, 6) is -0.717. The largest absolute Gasteiger partial charge is 0.399 e. The lowest BCUT2D eigenvalue weighted by Gasteiger charge is -2.06. The van der Waals surface area contributed by atoms with Gasteiger partial charge in [0, 0.05) is 11.4 Å². The van der Waals surface area contributed by atoms with Crippen LogP contribution >= 0.6 is 11.6 Å². The minimum absolute atomic E-state index is 0.0229. The summed E-state index contributed by atoms with van der Waals surface area (Å²) in [7, 11) is 0.